The summed E-state index contributed by atoms with van der Waals surface area (Å²) in [5.74, 6) is 1.27. The zero-order valence-electron chi connectivity index (χ0n) is 13.7. The number of carbonyl (C=O) groups excluding carboxylic acids is 1. The summed E-state index contributed by atoms with van der Waals surface area (Å²) in [6.45, 7) is 4.99. The van der Waals surface area contributed by atoms with Crippen molar-refractivity contribution in [3.8, 4) is 0 Å². The van der Waals surface area contributed by atoms with E-state index in [0.717, 1.165) is 18.7 Å². The minimum atomic E-state index is -0.241. The van der Waals surface area contributed by atoms with Gasteiger partial charge in [0, 0.05) is 26.2 Å². The predicted molar refractivity (Wildman–Crippen MR) is 99.0 cm³/mol. The molecule has 1 heterocycles. The first-order valence-corrected chi connectivity index (χ1v) is 7.45. The van der Waals surface area contributed by atoms with Crippen LogP contribution in [0.5, 0.6) is 0 Å². The number of hydrogen-bond acceptors (Lipinski definition) is 5. The maximum absolute atomic E-state index is 11.0. The number of nitrogens with one attached hydrogen (secondary N) is 2. The van der Waals surface area contributed by atoms with Crippen molar-refractivity contribution >= 4 is 35.9 Å². The molecule has 0 saturated heterocycles. The fraction of sp³-hybridized carbons (Fsp3) is 0.600. The SMILES string of the molecule is CCNC(=NCCCOCc1ccco1)NCCC(=O)OC.I. The predicted octanol–water partition coefficient (Wildman–Crippen LogP) is 1.92. The minimum absolute atomic E-state index is 0. The van der Waals surface area contributed by atoms with Crippen LogP contribution in [0.1, 0.15) is 25.5 Å². The molecule has 0 unspecified atom stereocenters. The van der Waals surface area contributed by atoms with Crippen LogP contribution < -0.4 is 10.6 Å². The van der Waals surface area contributed by atoms with E-state index in [1.807, 2.05) is 19.1 Å². The Morgan fingerprint density at radius 1 is 1.39 bits per heavy atom. The lowest BCUT2D eigenvalue weighted by atomic mass is 10.4. The van der Waals surface area contributed by atoms with Crippen LogP contribution in [-0.2, 0) is 20.9 Å². The van der Waals surface area contributed by atoms with Crippen LogP contribution in [-0.4, -0.2) is 45.3 Å². The Morgan fingerprint density at radius 2 is 2.22 bits per heavy atom. The van der Waals surface area contributed by atoms with Gasteiger partial charge in [0.25, 0.3) is 0 Å². The van der Waals surface area contributed by atoms with Crippen LogP contribution in [0.4, 0.5) is 0 Å². The highest BCUT2D eigenvalue weighted by Crippen LogP contribution is 2.01. The van der Waals surface area contributed by atoms with Crippen LogP contribution in [0.2, 0.25) is 0 Å². The Bertz CT molecular complexity index is 438. The Hall–Kier alpha value is -1.29. The monoisotopic (exact) mass is 439 g/mol. The van der Waals surface area contributed by atoms with E-state index in [-0.39, 0.29) is 29.9 Å². The molecule has 7 nitrogen and oxygen atoms in total. The normalized spacial score (nSPS) is 10.8. The van der Waals surface area contributed by atoms with E-state index in [0.29, 0.717) is 38.7 Å². The van der Waals surface area contributed by atoms with Crippen molar-refractivity contribution in [1.82, 2.24) is 10.6 Å². The van der Waals surface area contributed by atoms with Crippen LogP contribution in [0, 0.1) is 0 Å². The average molecular weight is 439 g/mol. The lowest BCUT2D eigenvalue weighted by Crippen LogP contribution is -2.38. The van der Waals surface area contributed by atoms with E-state index < -0.39 is 0 Å². The van der Waals surface area contributed by atoms with Gasteiger partial charge < -0.3 is 24.5 Å². The molecule has 2 N–H and O–H groups in total. The fourth-order valence-electron chi connectivity index (χ4n) is 1.65. The van der Waals surface area contributed by atoms with Crippen LogP contribution in [0.15, 0.2) is 27.8 Å². The molecular formula is C15H26IN3O4. The minimum Gasteiger partial charge on any atom is -0.469 e. The molecule has 0 aliphatic rings. The zero-order valence-corrected chi connectivity index (χ0v) is 16.0. The van der Waals surface area contributed by atoms with Gasteiger partial charge in [-0.15, -0.1) is 24.0 Å². The van der Waals surface area contributed by atoms with Gasteiger partial charge in [0.15, 0.2) is 5.96 Å². The number of furan rings is 1. The molecule has 1 rings (SSSR count). The van der Waals surface area contributed by atoms with Crippen molar-refractivity contribution in [1.29, 1.82) is 0 Å². The van der Waals surface area contributed by atoms with E-state index in [4.69, 9.17) is 9.15 Å². The van der Waals surface area contributed by atoms with Gasteiger partial charge in [-0.1, -0.05) is 0 Å². The second kappa shape index (κ2) is 14.3. The lowest BCUT2D eigenvalue weighted by Gasteiger charge is -2.10. The summed E-state index contributed by atoms with van der Waals surface area (Å²) < 4.78 is 15.2. The number of rotatable bonds is 10. The van der Waals surface area contributed by atoms with Crippen molar-refractivity contribution < 1.29 is 18.7 Å². The van der Waals surface area contributed by atoms with Gasteiger partial charge in [0.1, 0.15) is 12.4 Å². The van der Waals surface area contributed by atoms with Crippen LogP contribution in [0.25, 0.3) is 0 Å². The van der Waals surface area contributed by atoms with Gasteiger partial charge in [0.05, 0.1) is 19.8 Å². The second-order valence-corrected chi connectivity index (χ2v) is 4.50. The number of nitrogens with zero attached hydrogens (tertiary/aromatic N) is 1. The highest BCUT2D eigenvalue weighted by Gasteiger charge is 2.01. The topological polar surface area (TPSA) is 85.1 Å². The third-order valence-electron chi connectivity index (χ3n) is 2.73. The molecule has 0 bridgehead atoms. The number of guanidine groups is 1. The average Bonchev–Trinajstić information content (AvgIpc) is 3.03. The van der Waals surface area contributed by atoms with E-state index >= 15 is 0 Å². The van der Waals surface area contributed by atoms with Gasteiger partial charge >= 0.3 is 5.97 Å². The largest absolute Gasteiger partial charge is 0.469 e. The van der Waals surface area contributed by atoms with Crippen molar-refractivity contribution in [2.75, 3.05) is 33.4 Å². The van der Waals surface area contributed by atoms with Crippen molar-refractivity contribution in [2.45, 2.75) is 26.4 Å². The van der Waals surface area contributed by atoms with E-state index in [1.165, 1.54) is 7.11 Å². The molecule has 0 aromatic carbocycles. The first-order valence-electron chi connectivity index (χ1n) is 7.45. The molecule has 0 amide bonds. The number of carbonyl (C=O) groups is 1. The Labute approximate surface area is 154 Å². The number of aliphatic imine (C=N–C) groups is 1. The quantitative estimate of drug-likeness (QED) is 0.191. The number of hydrogen-bond donors (Lipinski definition) is 2. The highest BCUT2D eigenvalue weighted by molar-refractivity contribution is 14.0. The third kappa shape index (κ3) is 11.0. The fourth-order valence-corrected chi connectivity index (χ4v) is 1.65. The smallest absolute Gasteiger partial charge is 0.307 e. The summed E-state index contributed by atoms with van der Waals surface area (Å²) in [4.78, 5) is 15.4. The summed E-state index contributed by atoms with van der Waals surface area (Å²) in [6, 6.07) is 3.72. The molecule has 0 radical (unpaired) electrons. The van der Waals surface area contributed by atoms with Crippen molar-refractivity contribution in [3.63, 3.8) is 0 Å². The standard InChI is InChI=1S/C15H25N3O4.HI/c1-3-16-15(18-9-7-14(19)20-2)17-8-5-10-21-12-13-6-4-11-22-13;/h4,6,11H,3,5,7-10,12H2,1-2H3,(H2,16,17,18);1H. The molecule has 23 heavy (non-hydrogen) atoms. The summed E-state index contributed by atoms with van der Waals surface area (Å²) in [5, 5.41) is 6.20. The molecule has 1 aromatic heterocycles. The second-order valence-electron chi connectivity index (χ2n) is 4.50. The molecular weight excluding hydrogens is 413 g/mol. The number of methoxy groups -OCH3 is 1. The lowest BCUT2D eigenvalue weighted by molar-refractivity contribution is -0.140. The summed E-state index contributed by atoms with van der Waals surface area (Å²) in [7, 11) is 1.38. The molecule has 0 saturated carbocycles. The summed E-state index contributed by atoms with van der Waals surface area (Å²) >= 11 is 0. The molecule has 132 valence electrons. The maximum Gasteiger partial charge on any atom is 0.307 e. The van der Waals surface area contributed by atoms with Crippen LogP contribution >= 0.6 is 24.0 Å². The zero-order chi connectivity index (χ0) is 16.0. The molecule has 0 spiro atoms. The number of halogens is 1. The van der Waals surface area contributed by atoms with Gasteiger partial charge in [0.2, 0.25) is 0 Å². The van der Waals surface area contributed by atoms with Crippen LogP contribution in [0.3, 0.4) is 0 Å². The Morgan fingerprint density at radius 3 is 2.87 bits per heavy atom. The first-order chi connectivity index (χ1) is 10.8. The molecule has 0 aliphatic heterocycles. The molecule has 0 aliphatic carbocycles. The maximum atomic E-state index is 11.0. The Kier molecular flexibility index (Phi) is 13.5. The van der Waals surface area contributed by atoms with Gasteiger partial charge in [-0.2, -0.15) is 0 Å². The van der Waals surface area contributed by atoms with Crippen molar-refractivity contribution in [2.24, 2.45) is 4.99 Å². The van der Waals surface area contributed by atoms with Gasteiger partial charge in [-0.05, 0) is 25.5 Å². The first kappa shape index (κ1) is 21.7. The molecule has 0 atom stereocenters. The summed E-state index contributed by atoms with van der Waals surface area (Å²) in [6.07, 6.45) is 2.76. The molecule has 0 fully saturated rings. The van der Waals surface area contributed by atoms with E-state index in [1.54, 1.807) is 6.26 Å². The van der Waals surface area contributed by atoms with Crippen molar-refractivity contribution in [3.05, 3.63) is 24.2 Å². The summed E-state index contributed by atoms with van der Waals surface area (Å²) in [5.41, 5.74) is 0. The third-order valence-corrected chi connectivity index (χ3v) is 2.73. The number of esters is 1. The van der Waals surface area contributed by atoms with E-state index in [2.05, 4.69) is 20.4 Å². The molecule has 1 aromatic rings. The highest BCUT2D eigenvalue weighted by atomic mass is 127. The number of ether oxygens (including phenoxy) is 2. The van der Waals surface area contributed by atoms with Gasteiger partial charge in [-0.25, -0.2) is 0 Å². The Balaban J connectivity index is 0.00000484. The van der Waals surface area contributed by atoms with Gasteiger partial charge in [-0.3, -0.25) is 9.79 Å². The molecule has 8 heteroatoms. The van der Waals surface area contributed by atoms with E-state index in [9.17, 15) is 4.79 Å².